The van der Waals surface area contributed by atoms with Gasteiger partial charge in [0.05, 0.1) is 14.2 Å². The molecule has 0 bridgehead atoms. The van der Waals surface area contributed by atoms with E-state index in [2.05, 4.69) is 76.0 Å². The van der Waals surface area contributed by atoms with Gasteiger partial charge in [-0.1, -0.05) is 70.2 Å². The quantitative estimate of drug-likeness (QED) is 0.335. The highest BCUT2D eigenvalue weighted by Gasteiger charge is 2.26. The van der Waals surface area contributed by atoms with Crippen molar-refractivity contribution >= 4 is 23.6 Å². The smallest absolute Gasteiger partial charge is 0.220 e. The number of ether oxygens (including phenoxy) is 2. The summed E-state index contributed by atoms with van der Waals surface area (Å²) in [6.45, 7) is 21.1. The number of aliphatic imine (C=N–C) groups is 2. The second-order valence-electron chi connectivity index (χ2n) is 14.0. The third-order valence-corrected chi connectivity index (χ3v) is 7.43. The van der Waals surface area contributed by atoms with E-state index < -0.39 is 0 Å². The van der Waals surface area contributed by atoms with Crippen molar-refractivity contribution in [2.24, 2.45) is 31.6 Å². The van der Waals surface area contributed by atoms with Crippen LogP contribution < -0.4 is 10.6 Å². The van der Waals surface area contributed by atoms with Gasteiger partial charge < -0.3 is 20.1 Å². The number of nitrogens with zero attached hydrogens (tertiary/aromatic N) is 2. The van der Waals surface area contributed by atoms with Gasteiger partial charge in [-0.25, -0.2) is 0 Å². The molecule has 0 aliphatic carbocycles. The number of carbonyl (C=O) groups is 2. The first-order valence-electron chi connectivity index (χ1n) is 14.2. The van der Waals surface area contributed by atoms with Gasteiger partial charge in [0, 0.05) is 51.9 Å². The van der Waals surface area contributed by atoms with Crippen LogP contribution in [0.15, 0.2) is 9.98 Å². The van der Waals surface area contributed by atoms with E-state index in [1.54, 1.807) is 14.2 Å². The minimum Gasteiger partial charge on any atom is -0.484 e. The molecule has 2 saturated heterocycles. The molecule has 0 aromatic heterocycles. The summed E-state index contributed by atoms with van der Waals surface area (Å²) in [5.74, 6) is 2.23. The van der Waals surface area contributed by atoms with Gasteiger partial charge >= 0.3 is 0 Å². The van der Waals surface area contributed by atoms with Crippen molar-refractivity contribution in [3.63, 3.8) is 0 Å². The Balaban J connectivity index is 0. The molecule has 0 saturated carbocycles. The number of methoxy groups -OCH3 is 2. The summed E-state index contributed by atoms with van der Waals surface area (Å²) in [6, 6.07) is 0. The van der Waals surface area contributed by atoms with Crippen molar-refractivity contribution < 1.29 is 19.1 Å². The van der Waals surface area contributed by atoms with Crippen LogP contribution in [-0.4, -0.2) is 64.0 Å². The van der Waals surface area contributed by atoms with E-state index in [4.69, 9.17) is 9.47 Å². The van der Waals surface area contributed by atoms with Crippen molar-refractivity contribution in [3.05, 3.63) is 0 Å². The summed E-state index contributed by atoms with van der Waals surface area (Å²) in [5.41, 5.74) is 1.35. The molecule has 0 aromatic rings. The van der Waals surface area contributed by atoms with Gasteiger partial charge in [0.15, 0.2) is 11.8 Å². The molecule has 8 nitrogen and oxygen atoms in total. The van der Waals surface area contributed by atoms with Crippen LogP contribution in [0.4, 0.5) is 0 Å². The van der Waals surface area contributed by atoms with Crippen LogP contribution in [0, 0.1) is 21.7 Å². The molecule has 0 aromatic carbocycles. The van der Waals surface area contributed by atoms with Crippen LogP contribution in [0.3, 0.4) is 0 Å². The molecule has 236 valence electrons. The average molecular weight is 569 g/mol. The van der Waals surface area contributed by atoms with Crippen molar-refractivity contribution in [1.82, 2.24) is 10.6 Å². The predicted molar refractivity (Wildman–Crippen MR) is 170 cm³/mol. The third kappa shape index (κ3) is 17.5. The molecule has 0 atom stereocenters. The van der Waals surface area contributed by atoms with Crippen LogP contribution in [0.5, 0.6) is 0 Å². The third-order valence-electron chi connectivity index (χ3n) is 7.43. The maximum Gasteiger partial charge on any atom is 0.220 e. The minimum atomic E-state index is 0. The SMILES string of the molecule is C.C.CC1(C)CCC(=O)NC1.CC1(C)CCNC(=O)C1.COC1=NCC(C)(C)CC1.COC1=NCCC(C)(C)C1. The maximum atomic E-state index is 10.8. The zero-order valence-corrected chi connectivity index (χ0v) is 26.0. The Labute approximate surface area is 246 Å². The first kappa shape index (κ1) is 40.0. The van der Waals surface area contributed by atoms with Gasteiger partial charge in [-0.2, -0.15) is 0 Å². The molecule has 0 spiro atoms. The van der Waals surface area contributed by atoms with Gasteiger partial charge in [-0.05, 0) is 47.3 Å². The second-order valence-corrected chi connectivity index (χ2v) is 14.0. The zero-order valence-electron chi connectivity index (χ0n) is 26.0. The van der Waals surface area contributed by atoms with Gasteiger partial charge in [0.1, 0.15) is 0 Å². The lowest BCUT2D eigenvalue weighted by atomic mass is 9.83. The number of piperidine rings is 2. The molecule has 2 N–H and O–H groups in total. The highest BCUT2D eigenvalue weighted by Crippen LogP contribution is 2.29. The number of hydrogen-bond acceptors (Lipinski definition) is 6. The Kier molecular flexibility index (Phi) is 17.6. The van der Waals surface area contributed by atoms with Crippen molar-refractivity contribution in [2.75, 3.05) is 40.4 Å². The molecule has 4 aliphatic rings. The first-order chi connectivity index (χ1) is 17.5. The molecular weight excluding hydrogens is 504 g/mol. The van der Waals surface area contributed by atoms with E-state index in [1.165, 1.54) is 12.8 Å². The summed E-state index contributed by atoms with van der Waals surface area (Å²) in [6.07, 6.45) is 7.89. The standard InChI is InChI=1S/2C8H15NO.2C7H13NO.2CH4/c1-8(2)4-5-9-7(6-8)10-3;1-8(2)5-4-7(10-3)9-6-8;1-7(2)3-4-8-6(9)5-7;1-7(2)4-3-6(9)8-5-7;;/h2*4-6H2,1-3H3;2*3-5H2,1-2H3,(H,8,9);2*1H4. The molecule has 2 fully saturated rings. The van der Waals surface area contributed by atoms with Gasteiger partial charge in [-0.15, -0.1) is 0 Å². The zero-order chi connectivity index (χ0) is 29.0. The van der Waals surface area contributed by atoms with Gasteiger partial charge in [0.25, 0.3) is 0 Å². The highest BCUT2D eigenvalue weighted by atomic mass is 16.5. The Morgan fingerprint density at radius 2 is 1.20 bits per heavy atom. The molecule has 4 rings (SSSR count). The van der Waals surface area contributed by atoms with E-state index in [1.807, 2.05) is 0 Å². The van der Waals surface area contributed by atoms with Gasteiger partial charge in [0.2, 0.25) is 11.8 Å². The molecule has 4 aliphatic heterocycles. The normalized spacial score (nSPS) is 23.2. The topological polar surface area (TPSA) is 101 Å². The van der Waals surface area contributed by atoms with E-state index in [0.717, 1.165) is 63.7 Å². The largest absolute Gasteiger partial charge is 0.484 e. The van der Waals surface area contributed by atoms with E-state index >= 15 is 0 Å². The van der Waals surface area contributed by atoms with Crippen LogP contribution in [0.1, 0.15) is 122 Å². The molecular formula is C32H64N4O4. The van der Waals surface area contributed by atoms with Crippen LogP contribution in [0.2, 0.25) is 0 Å². The lowest BCUT2D eigenvalue weighted by Gasteiger charge is -2.29. The fourth-order valence-electron chi connectivity index (χ4n) is 4.34. The van der Waals surface area contributed by atoms with Crippen molar-refractivity contribution in [2.45, 2.75) is 122 Å². The lowest BCUT2D eigenvalue weighted by molar-refractivity contribution is -0.125. The second kappa shape index (κ2) is 17.6. The van der Waals surface area contributed by atoms with Gasteiger partial charge in [-0.3, -0.25) is 19.6 Å². The lowest BCUT2D eigenvalue weighted by Crippen LogP contribution is -2.39. The Bertz CT molecular complexity index is 817. The number of nitrogens with one attached hydrogen (secondary N) is 2. The highest BCUT2D eigenvalue weighted by molar-refractivity contribution is 5.78. The fraction of sp³-hybridized carbons (Fsp3) is 0.875. The Hall–Kier alpha value is -2.12. The number of amides is 2. The van der Waals surface area contributed by atoms with E-state index in [-0.39, 0.29) is 32.1 Å². The van der Waals surface area contributed by atoms with Crippen molar-refractivity contribution in [1.29, 1.82) is 0 Å². The Morgan fingerprint density at radius 1 is 0.625 bits per heavy atom. The average Bonchev–Trinajstić information content (AvgIpc) is 2.81. The number of carbonyl (C=O) groups excluding carboxylic acids is 2. The van der Waals surface area contributed by atoms with Crippen molar-refractivity contribution in [3.8, 4) is 0 Å². The summed E-state index contributed by atoms with van der Waals surface area (Å²) in [7, 11) is 3.39. The molecule has 0 unspecified atom stereocenters. The van der Waals surface area contributed by atoms with Crippen LogP contribution in [0.25, 0.3) is 0 Å². The molecule has 8 heteroatoms. The Morgan fingerprint density at radius 3 is 1.55 bits per heavy atom. The van der Waals surface area contributed by atoms with Crippen LogP contribution >= 0.6 is 0 Å². The fourth-order valence-corrected chi connectivity index (χ4v) is 4.34. The molecule has 0 radical (unpaired) electrons. The summed E-state index contributed by atoms with van der Waals surface area (Å²) < 4.78 is 10.1. The van der Waals surface area contributed by atoms with Crippen LogP contribution in [-0.2, 0) is 19.1 Å². The van der Waals surface area contributed by atoms with E-state index in [0.29, 0.717) is 29.1 Å². The number of hydrogen-bond donors (Lipinski definition) is 2. The summed E-state index contributed by atoms with van der Waals surface area (Å²) in [4.78, 5) is 29.9. The molecule has 2 amide bonds. The maximum absolute atomic E-state index is 10.8. The first-order valence-corrected chi connectivity index (χ1v) is 14.2. The summed E-state index contributed by atoms with van der Waals surface area (Å²) in [5, 5.41) is 5.63. The summed E-state index contributed by atoms with van der Waals surface area (Å²) >= 11 is 0. The molecule has 40 heavy (non-hydrogen) atoms. The number of rotatable bonds is 0. The predicted octanol–water partition coefficient (Wildman–Crippen LogP) is 6.82. The molecule has 4 heterocycles. The monoisotopic (exact) mass is 568 g/mol. The minimum absolute atomic E-state index is 0. The van der Waals surface area contributed by atoms with E-state index in [9.17, 15) is 9.59 Å².